The third-order valence-electron chi connectivity index (χ3n) is 3.89. The number of aromatic nitrogens is 4. The molecular weight excluding hydrogens is 307 g/mol. The number of pyridine rings is 1. The minimum Gasteiger partial charge on any atom is -0.293 e. The van der Waals surface area contributed by atoms with Crippen LogP contribution in [-0.2, 0) is 0 Å². The van der Waals surface area contributed by atoms with Crippen molar-refractivity contribution in [2.75, 3.05) is 0 Å². The first-order valence-corrected chi connectivity index (χ1v) is 7.42. The Morgan fingerprint density at radius 1 is 1.12 bits per heavy atom. The maximum Gasteiger partial charge on any atom is 0.273 e. The predicted molar refractivity (Wildman–Crippen MR) is 89.2 cm³/mol. The zero-order chi connectivity index (χ0) is 16.7. The molecule has 6 heteroatoms. The number of nitrogens with one attached hydrogen (secondary N) is 1. The van der Waals surface area contributed by atoms with Crippen LogP contribution < -0.4 is 5.56 Å². The maximum atomic E-state index is 13.2. The molecule has 5 nitrogen and oxygen atoms in total. The molecule has 1 N–H and O–H groups in total. The predicted octanol–water partition coefficient (Wildman–Crippen LogP) is 3.20. The number of aryl methyl sites for hydroxylation is 1. The van der Waals surface area contributed by atoms with Crippen LogP contribution >= 0.6 is 0 Å². The van der Waals surface area contributed by atoms with Gasteiger partial charge in [-0.3, -0.25) is 14.9 Å². The Labute approximate surface area is 136 Å². The average Bonchev–Trinajstić information content (AvgIpc) is 2.93. The van der Waals surface area contributed by atoms with E-state index in [-0.39, 0.29) is 11.4 Å². The number of halogens is 1. The van der Waals surface area contributed by atoms with Gasteiger partial charge in [0, 0.05) is 35.3 Å². The lowest BCUT2D eigenvalue weighted by molar-refractivity contribution is 0.628. The van der Waals surface area contributed by atoms with Crippen LogP contribution in [0.2, 0.25) is 0 Å². The van der Waals surface area contributed by atoms with Crippen molar-refractivity contribution in [3.63, 3.8) is 0 Å². The van der Waals surface area contributed by atoms with Gasteiger partial charge in [0.2, 0.25) is 0 Å². The quantitative estimate of drug-likeness (QED) is 0.617. The minimum atomic E-state index is -0.308. The average molecular weight is 320 g/mol. The fraction of sp³-hybridized carbons (Fsp3) is 0.0556. The highest BCUT2D eigenvalue weighted by atomic mass is 19.1. The van der Waals surface area contributed by atoms with E-state index in [1.54, 1.807) is 30.6 Å². The van der Waals surface area contributed by atoms with Gasteiger partial charge < -0.3 is 0 Å². The number of rotatable bonds is 2. The summed E-state index contributed by atoms with van der Waals surface area (Å²) >= 11 is 0. The Kier molecular flexibility index (Phi) is 3.23. The second-order valence-corrected chi connectivity index (χ2v) is 5.50. The lowest BCUT2D eigenvalue weighted by Crippen LogP contribution is -2.14. The summed E-state index contributed by atoms with van der Waals surface area (Å²) < 4.78 is 14.6. The summed E-state index contributed by atoms with van der Waals surface area (Å²) in [6.45, 7) is 1.86. The van der Waals surface area contributed by atoms with E-state index < -0.39 is 0 Å². The van der Waals surface area contributed by atoms with Gasteiger partial charge in [-0.15, -0.1) is 0 Å². The molecule has 4 aromatic rings. The van der Waals surface area contributed by atoms with Crippen LogP contribution in [0.15, 0.2) is 59.7 Å². The van der Waals surface area contributed by atoms with Gasteiger partial charge in [0.15, 0.2) is 5.65 Å². The number of benzene rings is 1. The third-order valence-corrected chi connectivity index (χ3v) is 3.89. The van der Waals surface area contributed by atoms with Crippen LogP contribution in [-0.4, -0.2) is 19.6 Å². The zero-order valence-electron chi connectivity index (χ0n) is 12.8. The lowest BCUT2D eigenvalue weighted by Gasteiger charge is -2.03. The van der Waals surface area contributed by atoms with Crippen molar-refractivity contribution in [2.45, 2.75) is 6.92 Å². The molecule has 4 rings (SSSR count). The summed E-state index contributed by atoms with van der Waals surface area (Å²) in [6, 6.07) is 11.2. The van der Waals surface area contributed by atoms with Crippen LogP contribution in [0.1, 0.15) is 5.69 Å². The van der Waals surface area contributed by atoms with Gasteiger partial charge in [-0.05, 0) is 36.8 Å². The molecule has 0 atom stereocenters. The van der Waals surface area contributed by atoms with Crippen molar-refractivity contribution in [1.82, 2.24) is 19.6 Å². The third kappa shape index (κ3) is 2.28. The van der Waals surface area contributed by atoms with Crippen molar-refractivity contribution in [3.05, 3.63) is 76.7 Å². The summed E-state index contributed by atoms with van der Waals surface area (Å²) in [4.78, 5) is 21.1. The van der Waals surface area contributed by atoms with E-state index in [1.165, 1.54) is 22.7 Å². The molecule has 3 heterocycles. The van der Waals surface area contributed by atoms with Crippen LogP contribution in [0.4, 0.5) is 4.39 Å². The molecule has 1 aromatic carbocycles. The highest BCUT2D eigenvalue weighted by Gasteiger charge is 2.15. The van der Waals surface area contributed by atoms with Gasteiger partial charge in [-0.1, -0.05) is 12.1 Å². The van der Waals surface area contributed by atoms with E-state index in [9.17, 15) is 9.18 Å². The Morgan fingerprint density at radius 3 is 2.62 bits per heavy atom. The highest BCUT2D eigenvalue weighted by molar-refractivity contribution is 5.80. The first-order valence-electron chi connectivity index (χ1n) is 7.42. The molecule has 118 valence electrons. The number of hydrogen-bond donors (Lipinski definition) is 1. The molecule has 0 unspecified atom stereocenters. The molecule has 0 amide bonds. The summed E-state index contributed by atoms with van der Waals surface area (Å²) in [5, 5.41) is 3.02. The van der Waals surface area contributed by atoms with Crippen molar-refractivity contribution in [3.8, 4) is 22.4 Å². The Morgan fingerprint density at radius 2 is 1.92 bits per heavy atom. The van der Waals surface area contributed by atoms with Crippen molar-refractivity contribution in [2.24, 2.45) is 0 Å². The van der Waals surface area contributed by atoms with E-state index in [4.69, 9.17) is 0 Å². The van der Waals surface area contributed by atoms with Crippen molar-refractivity contribution < 1.29 is 4.39 Å². The van der Waals surface area contributed by atoms with Crippen LogP contribution in [0.3, 0.4) is 0 Å². The number of fused-ring (bicyclic) bond motifs is 1. The summed E-state index contributed by atoms with van der Waals surface area (Å²) in [7, 11) is 0. The Balaban J connectivity index is 2.01. The fourth-order valence-corrected chi connectivity index (χ4v) is 2.77. The Bertz CT molecular complexity index is 1080. The van der Waals surface area contributed by atoms with E-state index in [2.05, 4.69) is 15.1 Å². The molecule has 0 saturated carbocycles. The SMILES string of the molecule is Cc1[nH]n2c(=O)cc(-c3cccnc3)nc2c1-c1ccc(F)cc1. The second-order valence-electron chi connectivity index (χ2n) is 5.50. The molecular formula is C18H13FN4O. The minimum absolute atomic E-state index is 0.213. The van der Waals surface area contributed by atoms with E-state index in [0.29, 0.717) is 11.3 Å². The van der Waals surface area contributed by atoms with E-state index in [0.717, 1.165) is 22.4 Å². The molecule has 0 radical (unpaired) electrons. The number of H-pyrrole nitrogens is 1. The molecule has 0 bridgehead atoms. The molecule has 24 heavy (non-hydrogen) atoms. The van der Waals surface area contributed by atoms with Gasteiger partial charge in [0.25, 0.3) is 5.56 Å². The van der Waals surface area contributed by atoms with Crippen molar-refractivity contribution >= 4 is 5.65 Å². The molecule has 0 aliphatic heterocycles. The van der Waals surface area contributed by atoms with E-state index >= 15 is 0 Å². The van der Waals surface area contributed by atoms with Gasteiger partial charge in [-0.2, -0.15) is 0 Å². The summed E-state index contributed by atoms with van der Waals surface area (Å²) in [5.74, 6) is -0.308. The lowest BCUT2D eigenvalue weighted by atomic mass is 10.1. The van der Waals surface area contributed by atoms with Crippen LogP contribution in [0.5, 0.6) is 0 Å². The van der Waals surface area contributed by atoms with Gasteiger partial charge in [0.1, 0.15) is 5.82 Å². The molecule has 0 fully saturated rings. The number of hydrogen-bond acceptors (Lipinski definition) is 3. The first kappa shape index (κ1) is 14.3. The zero-order valence-corrected chi connectivity index (χ0v) is 12.8. The second kappa shape index (κ2) is 5.42. The molecule has 3 aromatic heterocycles. The smallest absolute Gasteiger partial charge is 0.273 e. The van der Waals surface area contributed by atoms with Gasteiger partial charge in [-0.25, -0.2) is 13.9 Å². The standard InChI is InChI=1S/C18H13FN4O/c1-11-17(12-4-6-14(19)7-5-12)18-21-15(9-16(24)23(18)22-11)13-3-2-8-20-10-13/h2-10,22H,1H3. The normalized spacial score (nSPS) is 11.1. The summed E-state index contributed by atoms with van der Waals surface area (Å²) in [6.07, 6.45) is 3.33. The van der Waals surface area contributed by atoms with Gasteiger partial charge in [0.05, 0.1) is 5.69 Å². The molecule has 0 aliphatic carbocycles. The monoisotopic (exact) mass is 320 g/mol. The van der Waals surface area contributed by atoms with Crippen LogP contribution in [0.25, 0.3) is 28.0 Å². The maximum absolute atomic E-state index is 13.2. The molecule has 0 saturated heterocycles. The van der Waals surface area contributed by atoms with Crippen molar-refractivity contribution in [1.29, 1.82) is 0 Å². The van der Waals surface area contributed by atoms with Crippen LogP contribution in [0, 0.1) is 12.7 Å². The number of aromatic amines is 1. The largest absolute Gasteiger partial charge is 0.293 e. The number of nitrogens with zero attached hydrogens (tertiary/aromatic N) is 3. The highest BCUT2D eigenvalue weighted by Crippen LogP contribution is 2.27. The van der Waals surface area contributed by atoms with Gasteiger partial charge >= 0.3 is 0 Å². The molecule has 0 aliphatic rings. The first-order chi connectivity index (χ1) is 11.6. The Hall–Kier alpha value is -3.28. The van der Waals surface area contributed by atoms with E-state index in [1.807, 2.05) is 13.0 Å². The molecule has 0 spiro atoms. The fourth-order valence-electron chi connectivity index (χ4n) is 2.77. The summed E-state index contributed by atoms with van der Waals surface area (Å²) in [5.41, 5.74) is 3.97. The topological polar surface area (TPSA) is 63.0 Å².